The lowest BCUT2D eigenvalue weighted by Crippen LogP contribution is -2.29. The minimum Gasteiger partial charge on any atom is -0.507 e. The van der Waals surface area contributed by atoms with E-state index in [-0.39, 0.29) is 17.2 Å². The standard InChI is InChI=1S/C11H12ClNO3/c12-7-1-2-10(15)9(5-7)11(16)13-4-3-8(14)6-13/h1-2,5,8,14-15H,3-4,6H2/t8-/m1/s1. The number of rotatable bonds is 1. The summed E-state index contributed by atoms with van der Waals surface area (Å²) in [6.45, 7) is 0.816. The molecule has 0 radical (unpaired) electrons. The number of aromatic hydroxyl groups is 1. The SMILES string of the molecule is O=C(c1cc(Cl)ccc1O)N1CC[C@@H](O)C1. The van der Waals surface area contributed by atoms with Crippen LogP contribution in [-0.2, 0) is 0 Å². The number of phenolic OH excluding ortho intramolecular Hbond substituents is 1. The van der Waals surface area contributed by atoms with Crippen LogP contribution in [0.1, 0.15) is 16.8 Å². The Labute approximate surface area is 98.1 Å². The first-order valence-electron chi connectivity index (χ1n) is 5.04. The van der Waals surface area contributed by atoms with Crippen molar-refractivity contribution in [2.75, 3.05) is 13.1 Å². The molecule has 1 atom stereocenters. The zero-order valence-corrected chi connectivity index (χ0v) is 9.31. The fourth-order valence-corrected chi connectivity index (χ4v) is 1.95. The predicted molar refractivity (Wildman–Crippen MR) is 59.6 cm³/mol. The van der Waals surface area contributed by atoms with Crippen LogP contribution in [0.4, 0.5) is 0 Å². The zero-order chi connectivity index (χ0) is 11.7. The van der Waals surface area contributed by atoms with Crippen LogP contribution in [0, 0.1) is 0 Å². The molecule has 1 fully saturated rings. The van der Waals surface area contributed by atoms with Gasteiger partial charge in [-0.1, -0.05) is 11.6 Å². The van der Waals surface area contributed by atoms with Crippen LogP contribution in [0.5, 0.6) is 5.75 Å². The Balaban J connectivity index is 2.23. The maximum Gasteiger partial charge on any atom is 0.257 e. The molecule has 0 aromatic heterocycles. The Morgan fingerprint density at radius 3 is 2.88 bits per heavy atom. The lowest BCUT2D eigenvalue weighted by molar-refractivity contribution is 0.0762. The van der Waals surface area contributed by atoms with Crippen molar-refractivity contribution in [3.63, 3.8) is 0 Å². The van der Waals surface area contributed by atoms with Gasteiger partial charge < -0.3 is 15.1 Å². The second-order valence-electron chi connectivity index (χ2n) is 3.86. The minimum atomic E-state index is -0.467. The molecule has 1 aliphatic heterocycles. The lowest BCUT2D eigenvalue weighted by Gasteiger charge is -2.16. The van der Waals surface area contributed by atoms with Crippen LogP contribution in [0.2, 0.25) is 5.02 Å². The van der Waals surface area contributed by atoms with Gasteiger partial charge in [0.15, 0.2) is 0 Å². The molecule has 1 aromatic carbocycles. The van der Waals surface area contributed by atoms with Gasteiger partial charge in [0.05, 0.1) is 11.7 Å². The molecular formula is C11H12ClNO3. The van der Waals surface area contributed by atoms with Crippen LogP contribution in [0.25, 0.3) is 0 Å². The Morgan fingerprint density at radius 2 is 2.25 bits per heavy atom. The Kier molecular flexibility index (Phi) is 3.03. The number of phenols is 1. The summed E-state index contributed by atoms with van der Waals surface area (Å²) in [4.78, 5) is 13.5. The summed E-state index contributed by atoms with van der Waals surface area (Å²) in [5.74, 6) is -0.382. The van der Waals surface area contributed by atoms with Gasteiger partial charge in [-0.2, -0.15) is 0 Å². The van der Waals surface area contributed by atoms with Gasteiger partial charge >= 0.3 is 0 Å². The smallest absolute Gasteiger partial charge is 0.257 e. The second-order valence-corrected chi connectivity index (χ2v) is 4.29. The number of carbonyl (C=O) groups excluding carboxylic acids is 1. The van der Waals surface area contributed by atoms with Crippen molar-refractivity contribution in [1.82, 2.24) is 4.90 Å². The number of aliphatic hydroxyl groups excluding tert-OH is 1. The third-order valence-electron chi connectivity index (χ3n) is 2.64. The van der Waals surface area contributed by atoms with Crippen molar-refractivity contribution in [2.24, 2.45) is 0 Å². The van der Waals surface area contributed by atoms with Gasteiger partial charge in [-0.3, -0.25) is 4.79 Å². The lowest BCUT2D eigenvalue weighted by atomic mass is 10.2. The molecule has 1 heterocycles. The van der Waals surface area contributed by atoms with E-state index in [0.29, 0.717) is 24.5 Å². The summed E-state index contributed by atoms with van der Waals surface area (Å²) in [7, 11) is 0. The van der Waals surface area contributed by atoms with E-state index < -0.39 is 6.10 Å². The van der Waals surface area contributed by atoms with Gasteiger partial charge in [0.1, 0.15) is 5.75 Å². The highest BCUT2D eigenvalue weighted by Gasteiger charge is 2.26. The third-order valence-corrected chi connectivity index (χ3v) is 2.87. The third kappa shape index (κ3) is 2.13. The average Bonchev–Trinajstić information content (AvgIpc) is 2.67. The minimum absolute atomic E-state index is 0.0872. The number of benzene rings is 1. The molecule has 0 unspecified atom stereocenters. The molecule has 1 aliphatic rings. The molecule has 1 amide bonds. The van der Waals surface area contributed by atoms with Gasteiger partial charge in [-0.05, 0) is 24.6 Å². The van der Waals surface area contributed by atoms with Gasteiger partial charge in [0.2, 0.25) is 0 Å². The maximum atomic E-state index is 12.0. The van der Waals surface area contributed by atoms with Crippen LogP contribution < -0.4 is 0 Å². The Morgan fingerprint density at radius 1 is 1.50 bits per heavy atom. The molecular weight excluding hydrogens is 230 g/mol. The number of hydrogen-bond donors (Lipinski definition) is 2. The molecule has 0 aliphatic carbocycles. The monoisotopic (exact) mass is 241 g/mol. The summed E-state index contributed by atoms with van der Waals surface area (Å²) in [5.41, 5.74) is 0.182. The number of aliphatic hydroxyl groups is 1. The van der Waals surface area contributed by atoms with E-state index in [1.54, 1.807) is 0 Å². The Hall–Kier alpha value is -1.26. The summed E-state index contributed by atoms with van der Waals surface area (Å²) in [5, 5.41) is 19.3. The van der Waals surface area contributed by atoms with Crippen molar-refractivity contribution in [1.29, 1.82) is 0 Å². The number of hydrogen-bond acceptors (Lipinski definition) is 3. The van der Waals surface area contributed by atoms with Gasteiger partial charge in [0.25, 0.3) is 5.91 Å². The Bertz CT molecular complexity index is 422. The molecule has 2 N–H and O–H groups in total. The molecule has 4 nitrogen and oxygen atoms in total. The van der Waals surface area contributed by atoms with Crippen molar-refractivity contribution in [2.45, 2.75) is 12.5 Å². The highest BCUT2D eigenvalue weighted by Crippen LogP contribution is 2.24. The highest BCUT2D eigenvalue weighted by molar-refractivity contribution is 6.31. The first-order valence-corrected chi connectivity index (χ1v) is 5.41. The molecule has 0 spiro atoms. The number of halogens is 1. The molecule has 1 aromatic rings. The fraction of sp³-hybridized carbons (Fsp3) is 0.364. The number of β-amino-alcohol motifs (C(OH)–C–C–N with tert-alkyl or cyclic N) is 1. The van der Waals surface area contributed by atoms with E-state index in [1.807, 2.05) is 0 Å². The summed E-state index contributed by atoms with van der Waals surface area (Å²) in [6, 6.07) is 4.35. The average molecular weight is 242 g/mol. The van der Waals surface area contributed by atoms with E-state index >= 15 is 0 Å². The summed E-state index contributed by atoms with van der Waals surface area (Å²) >= 11 is 5.77. The van der Waals surface area contributed by atoms with Crippen LogP contribution in [0.3, 0.4) is 0 Å². The second kappa shape index (κ2) is 4.31. The van der Waals surface area contributed by atoms with Crippen molar-refractivity contribution >= 4 is 17.5 Å². The molecule has 16 heavy (non-hydrogen) atoms. The van der Waals surface area contributed by atoms with Crippen molar-refractivity contribution in [3.05, 3.63) is 28.8 Å². The first kappa shape index (κ1) is 11.2. The predicted octanol–water partition coefficient (Wildman–Crippen LogP) is 1.25. The summed E-state index contributed by atoms with van der Waals surface area (Å²) in [6.07, 6.45) is 0.109. The molecule has 2 rings (SSSR count). The number of amides is 1. The zero-order valence-electron chi connectivity index (χ0n) is 8.56. The molecule has 1 saturated heterocycles. The molecule has 5 heteroatoms. The number of nitrogens with zero attached hydrogens (tertiary/aromatic N) is 1. The molecule has 86 valence electrons. The fourth-order valence-electron chi connectivity index (χ4n) is 1.78. The quantitative estimate of drug-likeness (QED) is 0.778. The highest BCUT2D eigenvalue weighted by atomic mass is 35.5. The van der Waals surface area contributed by atoms with Gasteiger partial charge in [-0.15, -0.1) is 0 Å². The van der Waals surface area contributed by atoms with Crippen LogP contribution in [-0.4, -0.2) is 40.2 Å². The number of carbonyl (C=O) groups is 1. The topological polar surface area (TPSA) is 60.8 Å². The van der Waals surface area contributed by atoms with Crippen molar-refractivity contribution in [3.8, 4) is 5.75 Å². The first-order chi connectivity index (χ1) is 7.58. The van der Waals surface area contributed by atoms with E-state index in [9.17, 15) is 15.0 Å². The van der Waals surface area contributed by atoms with Crippen molar-refractivity contribution < 1.29 is 15.0 Å². The van der Waals surface area contributed by atoms with E-state index in [2.05, 4.69) is 0 Å². The van der Waals surface area contributed by atoms with Gasteiger partial charge in [-0.25, -0.2) is 0 Å². The maximum absolute atomic E-state index is 12.0. The van der Waals surface area contributed by atoms with E-state index in [4.69, 9.17) is 11.6 Å². The normalized spacial score (nSPS) is 20.1. The van der Waals surface area contributed by atoms with E-state index in [1.165, 1.54) is 23.1 Å². The van der Waals surface area contributed by atoms with Gasteiger partial charge in [0, 0.05) is 18.1 Å². The molecule has 0 bridgehead atoms. The van der Waals surface area contributed by atoms with Crippen LogP contribution >= 0.6 is 11.6 Å². The molecule has 0 saturated carbocycles. The number of likely N-dealkylation sites (tertiary alicyclic amines) is 1. The van der Waals surface area contributed by atoms with E-state index in [0.717, 1.165) is 0 Å². The summed E-state index contributed by atoms with van der Waals surface area (Å²) < 4.78 is 0. The largest absolute Gasteiger partial charge is 0.507 e. The van der Waals surface area contributed by atoms with Crippen LogP contribution in [0.15, 0.2) is 18.2 Å².